The molecule has 0 unspecified atom stereocenters. The van der Waals surface area contributed by atoms with Gasteiger partial charge < -0.3 is 19.3 Å². The van der Waals surface area contributed by atoms with Gasteiger partial charge in [0.2, 0.25) is 5.95 Å². The molecule has 0 bridgehead atoms. The highest BCUT2D eigenvalue weighted by molar-refractivity contribution is 5.90. The number of morpholine rings is 2. The van der Waals surface area contributed by atoms with Crippen LogP contribution in [0.3, 0.4) is 0 Å². The number of ether oxygens (including phenoxy) is 2. The molecule has 150 valence electrons. The Balaban J connectivity index is 1.64. The zero-order valence-electron chi connectivity index (χ0n) is 16.5. The first-order chi connectivity index (χ1) is 14.3. The fourth-order valence-corrected chi connectivity index (χ4v) is 3.82. The molecule has 0 saturated carbocycles. The fourth-order valence-electron chi connectivity index (χ4n) is 3.82. The van der Waals surface area contributed by atoms with Crippen LogP contribution < -0.4 is 9.80 Å². The summed E-state index contributed by atoms with van der Waals surface area (Å²) in [5.74, 6) is 1.64. The largest absolute Gasteiger partial charge is 0.378 e. The van der Waals surface area contributed by atoms with Gasteiger partial charge in [-0.15, -0.1) is 0 Å². The Morgan fingerprint density at radius 2 is 1.83 bits per heavy atom. The van der Waals surface area contributed by atoms with Crippen molar-refractivity contribution < 1.29 is 9.47 Å². The third-order valence-corrected chi connectivity index (χ3v) is 5.42. The van der Waals surface area contributed by atoms with Crippen molar-refractivity contribution in [3.8, 4) is 11.3 Å². The molecule has 2 aliphatic heterocycles. The van der Waals surface area contributed by atoms with Gasteiger partial charge in [0.15, 0.2) is 5.65 Å². The van der Waals surface area contributed by atoms with Crippen LogP contribution >= 0.6 is 0 Å². The monoisotopic (exact) mass is 392 g/mol. The predicted octanol–water partition coefficient (Wildman–Crippen LogP) is 2.15. The van der Waals surface area contributed by atoms with Crippen LogP contribution in [0.2, 0.25) is 0 Å². The van der Waals surface area contributed by atoms with Crippen LogP contribution in [0, 0.1) is 0 Å². The Morgan fingerprint density at radius 3 is 2.62 bits per heavy atom. The molecule has 2 aliphatic rings. The molecule has 1 atom stereocenters. The molecule has 2 fully saturated rings. The van der Waals surface area contributed by atoms with E-state index in [4.69, 9.17) is 24.4 Å². The quantitative estimate of drug-likeness (QED) is 0.671. The van der Waals surface area contributed by atoms with E-state index in [2.05, 4.69) is 27.8 Å². The summed E-state index contributed by atoms with van der Waals surface area (Å²) in [7, 11) is 0. The highest BCUT2D eigenvalue weighted by Gasteiger charge is 2.25. The molecule has 29 heavy (non-hydrogen) atoms. The number of anilines is 2. The average molecular weight is 392 g/mol. The van der Waals surface area contributed by atoms with Crippen molar-refractivity contribution in [3.63, 3.8) is 0 Å². The minimum atomic E-state index is 0.248. The van der Waals surface area contributed by atoms with Crippen LogP contribution in [-0.2, 0) is 9.47 Å². The maximum absolute atomic E-state index is 5.63. The van der Waals surface area contributed by atoms with Crippen molar-refractivity contribution in [2.24, 2.45) is 0 Å². The van der Waals surface area contributed by atoms with Gasteiger partial charge >= 0.3 is 0 Å². The molecule has 3 aromatic rings. The zero-order chi connectivity index (χ0) is 19.6. The first kappa shape index (κ1) is 18.2. The van der Waals surface area contributed by atoms with Gasteiger partial charge in [-0.3, -0.25) is 4.98 Å². The number of fused-ring (bicyclic) bond motifs is 1. The van der Waals surface area contributed by atoms with Gasteiger partial charge in [-0.2, -0.15) is 9.97 Å². The van der Waals surface area contributed by atoms with Crippen molar-refractivity contribution in [2.45, 2.75) is 13.0 Å². The van der Waals surface area contributed by atoms with Crippen LogP contribution in [0.25, 0.3) is 22.3 Å². The summed E-state index contributed by atoms with van der Waals surface area (Å²) >= 11 is 0. The summed E-state index contributed by atoms with van der Waals surface area (Å²) in [5, 5.41) is 0.961. The molecule has 5 rings (SSSR count). The van der Waals surface area contributed by atoms with Crippen molar-refractivity contribution in [1.82, 2.24) is 19.9 Å². The van der Waals surface area contributed by atoms with Crippen LogP contribution in [0.1, 0.15) is 6.92 Å². The molecule has 0 amide bonds. The Bertz CT molecular complexity index is 993. The summed E-state index contributed by atoms with van der Waals surface area (Å²) in [6, 6.07) is 8.27. The number of pyridine rings is 2. The molecule has 0 aliphatic carbocycles. The lowest BCUT2D eigenvalue weighted by molar-refractivity contribution is 0.0986. The molecule has 2 saturated heterocycles. The second kappa shape index (κ2) is 7.88. The van der Waals surface area contributed by atoms with Gasteiger partial charge in [-0.1, -0.05) is 0 Å². The molecule has 0 spiro atoms. The highest BCUT2D eigenvalue weighted by atomic mass is 16.5. The van der Waals surface area contributed by atoms with Crippen LogP contribution in [0.5, 0.6) is 0 Å². The van der Waals surface area contributed by atoms with E-state index >= 15 is 0 Å². The second-order valence-electron chi connectivity index (χ2n) is 7.37. The first-order valence-corrected chi connectivity index (χ1v) is 10.1. The smallest absolute Gasteiger partial charge is 0.229 e. The molecule has 8 heteroatoms. The van der Waals surface area contributed by atoms with Crippen molar-refractivity contribution in [3.05, 3.63) is 36.7 Å². The minimum Gasteiger partial charge on any atom is -0.378 e. The summed E-state index contributed by atoms with van der Waals surface area (Å²) in [6.07, 6.45) is 3.59. The SMILES string of the molecule is C[C@H]1COCCN1c1nc(N2CCOCC2)nc2nc(-c3cccnc3)ccc12. The molecule has 5 heterocycles. The Labute approximate surface area is 169 Å². The number of hydrogen-bond donors (Lipinski definition) is 0. The van der Waals surface area contributed by atoms with Crippen molar-refractivity contribution in [2.75, 3.05) is 55.9 Å². The zero-order valence-corrected chi connectivity index (χ0v) is 16.5. The van der Waals surface area contributed by atoms with Crippen LogP contribution in [0.4, 0.5) is 11.8 Å². The number of nitrogens with zero attached hydrogens (tertiary/aromatic N) is 6. The standard InChI is InChI=1S/C21H24N6O2/c1-15-14-29-12-9-27(15)20-17-4-5-18(16-3-2-6-22-13-16)23-19(17)24-21(25-20)26-7-10-28-11-8-26/h2-6,13,15H,7-12,14H2,1H3/t15-/m0/s1. The second-order valence-corrected chi connectivity index (χ2v) is 7.37. The topological polar surface area (TPSA) is 76.5 Å². The van der Waals surface area contributed by atoms with Crippen LogP contribution in [0.15, 0.2) is 36.7 Å². The van der Waals surface area contributed by atoms with Crippen molar-refractivity contribution in [1.29, 1.82) is 0 Å². The summed E-state index contributed by atoms with van der Waals surface area (Å²) in [6.45, 7) is 7.31. The van der Waals surface area contributed by atoms with Gasteiger partial charge in [0.1, 0.15) is 5.82 Å². The summed E-state index contributed by atoms with van der Waals surface area (Å²) in [5.41, 5.74) is 2.54. The Hall–Kier alpha value is -2.84. The van der Waals surface area contributed by atoms with E-state index in [-0.39, 0.29) is 6.04 Å². The van der Waals surface area contributed by atoms with E-state index < -0.39 is 0 Å². The van der Waals surface area contributed by atoms with Gasteiger partial charge in [0.25, 0.3) is 0 Å². The predicted molar refractivity (Wildman–Crippen MR) is 111 cm³/mol. The third-order valence-electron chi connectivity index (χ3n) is 5.42. The van der Waals surface area contributed by atoms with Crippen molar-refractivity contribution >= 4 is 22.8 Å². The van der Waals surface area contributed by atoms with E-state index in [9.17, 15) is 0 Å². The maximum Gasteiger partial charge on any atom is 0.229 e. The number of aromatic nitrogens is 4. The average Bonchev–Trinajstić information content (AvgIpc) is 2.79. The van der Waals surface area contributed by atoms with Gasteiger partial charge in [0, 0.05) is 37.6 Å². The normalized spacial score (nSPS) is 20.2. The molecule has 0 N–H and O–H groups in total. The summed E-state index contributed by atoms with van der Waals surface area (Å²) in [4.78, 5) is 23.4. The summed E-state index contributed by atoms with van der Waals surface area (Å²) < 4.78 is 11.1. The third kappa shape index (κ3) is 3.61. The van der Waals surface area contributed by atoms with E-state index in [0.717, 1.165) is 42.1 Å². The maximum atomic E-state index is 5.63. The van der Waals surface area contributed by atoms with E-state index in [1.807, 2.05) is 24.4 Å². The van der Waals surface area contributed by atoms with Gasteiger partial charge in [-0.25, -0.2) is 4.98 Å². The highest BCUT2D eigenvalue weighted by Crippen LogP contribution is 2.30. The molecule has 0 aromatic carbocycles. The molecule has 0 radical (unpaired) electrons. The molecule has 3 aromatic heterocycles. The molecule has 8 nitrogen and oxygen atoms in total. The fraction of sp³-hybridized carbons (Fsp3) is 0.429. The first-order valence-electron chi connectivity index (χ1n) is 10.1. The number of hydrogen-bond acceptors (Lipinski definition) is 8. The minimum absolute atomic E-state index is 0.248. The number of rotatable bonds is 3. The Morgan fingerprint density at radius 1 is 0.966 bits per heavy atom. The van der Waals surface area contributed by atoms with E-state index in [0.29, 0.717) is 38.0 Å². The van der Waals surface area contributed by atoms with Gasteiger partial charge in [-0.05, 0) is 31.2 Å². The molecular weight excluding hydrogens is 368 g/mol. The lowest BCUT2D eigenvalue weighted by Gasteiger charge is -2.35. The van der Waals surface area contributed by atoms with Crippen LogP contribution in [-0.4, -0.2) is 72.0 Å². The lowest BCUT2D eigenvalue weighted by atomic mass is 10.1. The van der Waals surface area contributed by atoms with E-state index in [1.54, 1.807) is 6.20 Å². The molecular formula is C21H24N6O2. The Kier molecular flexibility index (Phi) is 4.95. The lowest BCUT2D eigenvalue weighted by Crippen LogP contribution is -2.44. The van der Waals surface area contributed by atoms with E-state index in [1.165, 1.54) is 0 Å². The van der Waals surface area contributed by atoms with Gasteiger partial charge in [0.05, 0.1) is 43.5 Å².